The summed E-state index contributed by atoms with van der Waals surface area (Å²) in [6, 6.07) is 9.40. The van der Waals surface area contributed by atoms with Gasteiger partial charge in [-0.15, -0.1) is 11.8 Å². The SMILES string of the molecule is Cc1c(OCC(F)(F)F)ccnc1CSC1=Nc2ccccc2C1. The number of benzene rings is 1. The fraction of sp³-hybridized carbons (Fsp3) is 0.294. The number of para-hydroxylation sites is 1. The molecule has 1 aromatic carbocycles. The summed E-state index contributed by atoms with van der Waals surface area (Å²) in [5.41, 5.74) is 3.50. The minimum Gasteiger partial charge on any atom is -0.484 e. The van der Waals surface area contributed by atoms with Gasteiger partial charge in [-0.05, 0) is 24.6 Å². The molecule has 0 bridgehead atoms. The van der Waals surface area contributed by atoms with E-state index in [0.29, 0.717) is 17.0 Å². The highest BCUT2D eigenvalue weighted by Crippen LogP contribution is 2.32. The van der Waals surface area contributed by atoms with E-state index in [4.69, 9.17) is 4.74 Å². The van der Waals surface area contributed by atoms with Crippen LogP contribution in [0.3, 0.4) is 0 Å². The highest BCUT2D eigenvalue weighted by atomic mass is 32.2. The van der Waals surface area contributed by atoms with Crippen LogP contribution in [0.4, 0.5) is 18.9 Å². The van der Waals surface area contributed by atoms with E-state index in [1.165, 1.54) is 17.8 Å². The molecule has 126 valence electrons. The summed E-state index contributed by atoms with van der Waals surface area (Å²) in [6.45, 7) is 0.423. The van der Waals surface area contributed by atoms with E-state index in [0.717, 1.165) is 17.2 Å². The molecule has 24 heavy (non-hydrogen) atoms. The van der Waals surface area contributed by atoms with Crippen LogP contribution in [0.15, 0.2) is 41.5 Å². The molecule has 7 heteroatoms. The van der Waals surface area contributed by atoms with Crippen LogP contribution in [0.1, 0.15) is 16.8 Å². The Kier molecular flexibility index (Phi) is 4.80. The van der Waals surface area contributed by atoms with Gasteiger partial charge >= 0.3 is 6.18 Å². The number of nitrogens with zero attached hydrogens (tertiary/aromatic N) is 2. The van der Waals surface area contributed by atoms with Gasteiger partial charge in [0.25, 0.3) is 0 Å². The molecule has 2 aromatic rings. The van der Waals surface area contributed by atoms with Gasteiger partial charge in [-0.3, -0.25) is 4.98 Å². The molecule has 0 saturated carbocycles. The van der Waals surface area contributed by atoms with Crippen LogP contribution in [-0.4, -0.2) is 22.8 Å². The van der Waals surface area contributed by atoms with Crippen LogP contribution in [-0.2, 0) is 12.2 Å². The van der Waals surface area contributed by atoms with Crippen LogP contribution in [0.5, 0.6) is 5.75 Å². The molecule has 0 amide bonds. The first kappa shape index (κ1) is 16.8. The molecular weight excluding hydrogens is 337 g/mol. The second kappa shape index (κ2) is 6.84. The highest BCUT2D eigenvalue weighted by molar-refractivity contribution is 8.13. The summed E-state index contributed by atoms with van der Waals surface area (Å²) < 4.78 is 41.7. The van der Waals surface area contributed by atoms with E-state index in [2.05, 4.69) is 9.98 Å². The first-order chi connectivity index (χ1) is 11.4. The number of hydrogen-bond acceptors (Lipinski definition) is 4. The molecule has 0 saturated heterocycles. The molecule has 0 atom stereocenters. The molecule has 0 radical (unpaired) electrons. The van der Waals surface area contributed by atoms with Gasteiger partial charge in [0.05, 0.1) is 16.4 Å². The number of alkyl halides is 3. The second-order valence-electron chi connectivity index (χ2n) is 5.38. The minimum absolute atomic E-state index is 0.217. The largest absolute Gasteiger partial charge is 0.484 e. The summed E-state index contributed by atoms with van der Waals surface area (Å²) in [7, 11) is 0. The topological polar surface area (TPSA) is 34.5 Å². The standard InChI is InChI=1S/C17H15F3N2OS/c1-11-14(21-7-6-15(11)23-10-17(18,19)20)9-24-16-8-12-4-2-3-5-13(12)22-16/h2-7H,8-10H2,1H3. The smallest absolute Gasteiger partial charge is 0.422 e. The minimum atomic E-state index is -4.35. The van der Waals surface area contributed by atoms with Gasteiger partial charge in [0.1, 0.15) is 5.75 Å². The maximum absolute atomic E-state index is 12.3. The molecule has 0 aliphatic carbocycles. The highest BCUT2D eigenvalue weighted by Gasteiger charge is 2.28. The third kappa shape index (κ3) is 4.08. The summed E-state index contributed by atoms with van der Waals surface area (Å²) in [5, 5.41) is 0.985. The number of aromatic nitrogens is 1. The molecule has 0 fully saturated rings. The normalized spacial score (nSPS) is 13.6. The average Bonchev–Trinajstić information content (AvgIpc) is 2.95. The monoisotopic (exact) mass is 352 g/mol. The molecule has 3 rings (SSSR count). The van der Waals surface area contributed by atoms with Crippen molar-refractivity contribution in [2.75, 3.05) is 6.61 Å². The molecule has 2 heterocycles. The Morgan fingerprint density at radius 1 is 1.21 bits per heavy atom. The van der Waals surface area contributed by atoms with Gasteiger partial charge in [-0.2, -0.15) is 13.2 Å². The fourth-order valence-corrected chi connectivity index (χ4v) is 3.38. The lowest BCUT2D eigenvalue weighted by atomic mass is 10.2. The molecule has 0 spiro atoms. The van der Waals surface area contributed by atoms with Crippen molar-refractivity contribution >= 4 is 22.5 Å². The first-order valence-electron chi connectivity index (χ1n) is 7.35. The number of rotatable bonds is 4. The molecule has 0 unspecified atom stereocenters. The Labute approximate surface area is 142 Å². The number of hydrogen-bond donors (Lipinski definition) is 0. The third-order valence-corrected chi connectivity index (χ3v) is 4.59. The van der Waals surface area contributed by atoms with Crippen molar-refractivity contribution in [3.8, 4) is 5.75 Å². The van der Waals surface area contributed by atoms with E-state index in [1.807, 2.05) is 24.3 Å². The molecule has 1 aliphatic rings. The lowest BCUT2D eigenvalue weighted by Crippen LogP contribution is -2.19. The van der Waals surface area contributed by atoms with Crippen molar-refractivity contribution in [1.29, 1.82) is 0 Å². The van der Waals surface area contributed by atoms with Crippen LogP contribution in [0.2, 0.25) is 0 Å². The van der Waals surface area contributed by atoms with E-state index in [-0.39, 0.29) is 5.75 Å². The van der Waals surface area contributed by atoms with E-state index < -0.39 is 12.8 Å². The zero-order chi connectivity index (χ0) is 17.2. The lowest BCUT2D eigenvalue weighted by molar-refractivity contribution is -0.153. The Morgan fingerprint density at radius 2 is 2.00 bits per heavy atom. The van der Waals surface area contributed by atoms with Gasteiger partial charge in [-0.1, -0.05) is 18.2 Å². The Balaban J connectivity index is 1.64. The summed E-state index contributed by atoms with van der Waals surface area (Å²) >= 11 is 1.55. The maximum Gasteiger partial charge on any atom is 0.422 e. The van der Waals surface area contributed by atoms with E-state index in [9.17, 15) is 13.2 Å². The second-order valence-corrected chi connectivity index (χ2v) is 6.43. The lowest BCUT2D eigenvalue weighted by Gasteiger charge is -2.13. The molecular formula is C17H15F3N2OS. The Morgan fingerprint density at radius 3 is 2.75 bits per heavy atom. The van der Waals surface area contributed by atoms with E-state index in [1.54, 1.807) is 18.7 Å². The Hall–Kier alpha value is -2.02. The van der Waals surface area contributed by atoms with Crippen molar-refractivity contribution < 1.29 is 17.9 Å². The molecule has 1 aromatic heterocycles. The average molecular weight is 352 g/mol. The van der Waals surface area contributed by atoms with Crippen molar-refractivity contribution in [3.63, 3.8) is 0 Å². The van der Waals surface area contributed by atoms with Gasteiger partial charge in [-0.25, -0.2) is 4.99 Å². The third-order valence-electron chi connectivity index (χ3n) is 3.60. The van der Waals surface area contributed by atoms with Crippen LogP contribution >= 0.6 is 11.8 Å². The zero-order valence-electron chi connectivity index (χ0n) is 12.9. The number of thioether (sulfide) groups is 1. The van der Waals surface area contributed by atoms with Crippen molar-refractivity contribution in [2.45, 2.75) is 25.3 Å². The molecule has 3 nitrogen and oxygen atoms in total. The summed E-state index contributed by atoms with van der Waals surface area (Å²) in [6.07, 6.45) is -2.10. The molecule has 0 N–H and O–H groups in total. The Bertz CT molecular complexity index is 775. The van der Waals surface area contributed by atoms with Crippen molar-refractivity contribution in [1.82, 2.24) is 4.98 Å². The van der Waals surface area contributed by atoms with Gasteiger partial charge in [0.15, 0.2) is 6.61 Å². The zero-order valence-corrected chi connectivity index (χ0v) is 13.7. The summed E-state index contributed by atoms with van der Waals surface area (Å²) in [4.78, 5) is 8.82. The predicted octanol–water partition coefficient (Wildman–Crippen LogP) is 4.85. The van der Waals surface area contributed by atoms with Gasteiger partial charge in [0.2, 0.25) is 0 Å². The number of halogens is 3. The van der Waals surface area contributed by atoms with Crippen LogP contribution < -0.4 is 4.74 Å². The first-order valence-corrected chi connectivity index (χ1v) is 8.33. The number of aliphatic imine (C=N–C) groups is 1. The van der Waals surface area contributed by atoms with E-state index >= 15 is 0 Å². The van der Waals surface area contributed by atoms with Crippen molar-refractivity contribution in [3.05, 3.63) is 53.3 Å². The number of ether oxygens (including phenoxy) is 1. The number of fused-ring (bicyclic) bond motifs is 1. The maximum atomic E-state index is 12.3. The van der Waals surface area contributed by atoms with Crippen LogP contribution in [0, 0.1) is 6.92 Å². The number of pyridine rings is 1. The fourth-order valence-electron chi connectivity index (χ4n) is 2.36. The van der Waals surface area contributed by atoms with Crippen LogP contribution in [0.25, 0.3) is 0 Å². The summed E-state index contributed by atoms with van der Waals surface area (Å²) in [5.74, 6) is 0.761. The molecule has 1 aliphatic heterocycles. The van der Waals surface area contributed by atoms with Crippen molar-refractivity contribution in [2.24, 2.45) is 4.99 Å². The predicted molar refractivity (Wildman–Crippen MR) is 89.1 cm³/mol. The van der Waals surface area contributed by atoms with Gasteiger partial charge < -0.3 is 4.74 Å². The van der Waals surface area contributed by atoms with Gasteiger partial charge in [0, 0.05) is 23.9 Å². The quantitative estimate of drug-likeness (QED) is 0.789.